The Hall–Kier alpha value is -3.55. The highest BCUT2D eigenvalue weighted by Gasteiger charge is 2.35. The molecular formula is C24H28N2O6. The fourth-order valence-corrected chi connectivity index (χ4v) is 3.73. The number of carbonyl (C=O) groups is 3. The molecule has 8 heteroatoms. The number of hydrogen-bond donors (Lipinski definition) is 1. The van der Waals surface area contributed by atoms with Gasteiger partial charge < -0.3 is 24.4 Å². The molecule has 1 aliphatic rings. The first kappa shape index (κ1) is 23.1. The van der Waals surface area contributed by atoms with Gasteiger partial charge in [-0.2, -0.15) is 0 Å². The second kappa shape index (κ2) is 10.7. The molecule has 0 aromatic heterocycles. The highest BCUT2D eigenvalue weighted by Crippen LogP contribution is 2.37. The van der Waals surface area contributed by atoms with Crippen LogP contribution in [0.3, 0.4) is 0 Å². The lowest BCUT2D eigenvalue weighted by Gasteiger charge is -2.28. The van der Waals surface area contributed by atoms with Crippen molar-refractivity contribution in [2.75, 3.05) is 26.9 Å². The average molecular weight is 440 g/mol. The Labute approximate surface area is 187 Å². The molecule has 1 N–H and O–H groups in total. The summed E-state index contributed by atoms with van der Waals surface area (Å²) in [4.78, 5) is 39.1. The van der Waals surface area contributed by atoms with Crippen molar-refractivity contribution in [3.8, 4) is 11.5 Å². The molecule has 1 aliphatic heterocycles. The maximum absolute atomic E-state index is 13.1. The molecule has 2 amide bonds. The molecule has 0 aliphatic carbocycles. The number of fused-ring (bicyclic) bond motifs is 1. The summed E-state index contributed by atoms with van der Waals surface area (Å²) in [6.45, 7) is 4.47. The number of methoxy groups -OCH3 is 1. The van der Waals surface area contributed by atoms with Crippen molar-refractivity contribution in [1.82, 2.24) is 10.2 Å². The van der Waals surface area contributed by atoms with Gasteiger partial charge in [0, 0.05) is 12.1 Å². The van der Waals surface area contributed by atoms with E-state index in [1.165, 1.54) is 0 Å². The molecule has 0 saturated carbocycles. The molecular weight excluding hydrogens is 412 g/mol. The summed E-state index contributed by atoms with van der Waals surface area (Å²) in [5.41, 5.74) is 2.27. The molecule has 170 valence electrons. The van der Waals surface area contributed by atoms with Crippen molar-refractivity contribution in [1.29, 1.82) is 0 Å². The topological polar surface area (TPSA) is 94.2 Å². The maximum atomic E-state index is 13.1. The number of benzene rings is 2. The third-order valence-corrected chi connectivity index (χ3v) is 5.21. The van der Waals surface area contributed by atoms with E-state index in [0.29, 0.717) is 30.2 Å². The Morgan fingerprint density at radius 3 is 2.56 bits per heavy atom. The van der Waals surface area contributed by atoms with Crippen molar-refractivity contribution in [3.05, 3.63) is 59.2 Å². The number of ether oxygens (including phenoxy) is 3. The number of nitrogens with zero attached hydrogens (tertiary/aromatic N) is 1. The summed E-state index contributed by atoms with van der Waals surface area (Å²) < 4.78 is 15.9. The lowest BCUT2D eigenvalue weighted by Crippen LogP contribution is -2.36. The van der Waals surface area contributed by atoms with Gasteiger partial charge in [-0.05, 0) is 43.2 Å². The largest absolute Gasteiger partial charge is 0.493 e. The Morgan fingerprint density at radius 1 is 1.09 bits per heavy atom. The zero-order chi connectivity index (χ0) is 23.1. The molecule has 2 aromatic carbocycles. The normalized spacial score (nSPS) is 13.3. The van der Waals surface area contributed by atoms with Crippen LogP contribution in [0.15, 0.2) is 42.5 Å². The molecule has 1 heterocycles. The minimum absolute atomic E-state index is 0.0176. The van der Waals surface area contributed by atoms with Gasteiger partial charge in [0.15, 0.2) is 11.5 Å². The predicted molar refractivity (Wildman–Crippen MR) is 117 cm³/mol. The van der Waals surface area contributed by atoms with Crippen LogP contribution in [0.4, 0.5) is 0 Å². The van der Waals surface area contributed by atoms with E-state index in [9.17, 15) is 14.4 Å². The Kier molecular flexibility index (Phi) is 7.70. The van der Waals surface area contributed by atoms with E-state index in [-0.39, 0.29) is 31.4 Å². The summed E-state index contributed by atoms with van der Waals surface area (Å²) in [7, 11) is 1.54. The number of hydrogen-bond acceptors (Lipinski definition) is 6. The number of rotatable bonds is 10. The first-order valence-corrected chi connectivity index (χ1v) is 10.6. The monoisotopic (exact) mass is 440 g/mol. The quantitative estimate of drug-likeness (QED) is 0.571. The van der Waals surface area contributed by atoms with E-state index in [2.05, 4.69) is 5.32 Å². The highest BCUT2D eigenvalue weighted by molar-refractivity contribution is 5.99. The van der Waals surface area contributed by atoms with Crippen LogP contribution in [0.2, 0.25) is 0 Å². The van der Waals surface area contributed by atoms with Crippen LogP contribution in [0.1, 0.15) is 47.8 Å². The Bertz CT molecular complexity index is 990. The van der Waals surface area contributed by atoms with Crippen LogP contribution in [-0.2, 0) is 20.9 Å². The highest BCUT2D eigenvalue weighted by atomic mass is 16.5. The van der Waals surface area contributed by atoms with E-state index < -0.39 is 12.0 Å². The zero-order valence-corrected chi connectivity index (χ0v) is 18.6. The third-order valence-electron chi connectivity index (χ3n) is 5.21. The van der Waals surface area contributed by atoms with Crippen LogP contribution in [0, 0.1) is 0 Å². The third kappa shape index (κ3) is 5.19. The van der Waals surface area contributed by atoms with Crippen molar-refractivity contribution >= 4 is 17.8 Å². The first-order chi connectivity index (χ1) is 15.5. The van der Waals surface area contributed by atoms with Crippen molar-refractivity contribution in [2.45, 2.75) is 32.9 Å². The molecule has 0 radical (unpaired) electrons. The number of esters is 1. The van der Waals surface area contributed by atoms with E-state index in [4.69, 9.17) is 14.2 Å². The molecule has 0 unspecified atom stereocenters. The van der Waals surface area contributed by atoms with E-state index in [1.54, 1.807) is 37.1 Å². The summed E-state index contributed by atoms with van der Waals surface area (Å²) in [6.07, 6.45) is -0.0176. The van der Waals surface area contributed by atoms with Gasteiger partial charge in [0.1, 0.15) is 6.54 Å². The van der Waals surface area contributed by atoms with Crippen molar-refractivity contribution in [2.24, 2.45) is 0 Å². The van der Waals surface area contributed by atoms with Crippen LogP contribution < -0.4 is 14.8 Å². The first-order valence-electron chi connectivity index (χ1n) is 10.6. The molecule has 0 bridgehead atoms. The second-order valence-electron chi connectivity index (χ2n) is 7.24. The smallest absolute Gasteiger partial charge is 0.325 e. The summed E-state index contributed by atoms with van der Waals surface area (Å²) in [6, 6.07) is 12.2. The molecule has 2 aromatic rings. The average Bonchev–Trinajstić information content (AvgIpc) is 3.13. The van der Waals surface area contributed by atoms with Gasteiger partial charge in [-0.1, -0.05) is 24.3 Å². The Morgan fingerprint density at radius 2 is 1.88 bits per heavy atom. The van der Waals surface area contributed by atoms with Crippen LogP contribution in [0.25, 0.3) is 0 Å². The molecule has 3 rings (SSSR count). The van der Waals surface area contributed by atoms with Gasteiger partial charge in [-0.25, -0.2) is 0 Å². The zero-order valence-electron chi connectivity index (χ0n) is 18.6. The van der Waals surface area contributed by atoms with Crippen LogP contribution >= 0.6 is 0 Å². The van der Waals surface area contributed by atoms with E-state index in [0.717, 1.165) is 11.1 Å². The number of carbonyl (C=O) groups excluding carboxylic acids is 3. The van der Waals surface area contributed by atoms with E-state index in [1.807, 2.05) is 31.2 Å². The Balaban J connectivity index is 1.88. The van der Waals surface area contributed by atoms with Crippen molar-refractivity contribution in [3.63, 3.8) is 0 Å². The SMILES string of the molecule is CCOC(=O)CNC(=O)C[C@@H](c1ccc(OCC)c(OC)c1)N1Cc2ccccc2C1=O. The molecule has 0 saturated heterocycles. The maximum Gasteiger partial charge on any atom is 0.325 e. The van der Waals surface area contributed by atoms with Crippen LogP contribution in [0.5, 0.6) is 11.5 Å². The van der Waals surface area contributed by atoms with Crippen LogP contribution in [-0.4, -0.2) is 49.6 Å². The molecule has 1 atom stereocenters. The minimum atomic E-state index is -0.554. The minimum Gasteiger partial charge on any atom is -0.493 e. The molecule has 0 spiro atoms. The van der Waals surface area contributed by atoms with Gasteiger partial charge in [0.2, 0.25) is 5.91 Å². The van der Waals surface area contributed by atoms with Crippen molar-refractivity contribution < 1.29 is 28.6 Å². The molecule has 0 fully saturated rings. The molecule has 8 nitrogen and oxygen atoms in total. The fraction of sp³-hybridized carbons (Fsp3) is 0.375. The standard InChI is InChI=1S/C24H28N2O6/c1-4-31-20-11-10-16(12-21(20)30-3)19(13-22(27)25-14-23(28)32-5-2)26-15-17-8-6-7-9-18(17)24(26)29/h6-12,19H,4-5,13-15H2,1-3H3,(H,25,27)/t19-/m0/s1. The van der Waals surface area contributed by atoms with Gasteiger partial charge in [0.25, 0.3) is 5.91 Å². The summed E-state index contributed by atoms with van der Waals surface area (Å²) >= 11 is 0. The number of nitrogens with one attached hydrogen (secondary N) is 1. The number of amides is 2. The summed E-state index contributed by atoms with van der Waals surface area (Å²) in [5.74, 6) is 0.0897. The molecule has 32 heavy (non-hydrogen) atoms. The predicted octanol–water partition coefficient (Wildman–Crippen LogP) is 2.86. The lowest BCUT2D eigenvalue weighted by molar-refractivity contribution is -0.143. The van der Waals surface area contributed by atoms with Gasteiger partial charge in [-0.3, -0.25) is 14.4 Å². The van der Waals surface area contributed by atoms with Gasteiger partial charge in [-0.15, -0.1) is 0 Å². The lowest BCUT2D eigenvalue weighted by atomic mass is 10.0. The fourth-order valence-electron chi connectivity index (χ4n) is 3.73. The second-order valence-corrected chi connectivity index (χ2v) is 7.24. The van der Waals surface area contributed by atoms with Gasteiger partial charge in [0.05, 0.1) is 32.8 Å². The van der Waals surface area contributed by atoms with E-state index >= 15 is 0 Å². The van der Waals surface area contributed by atoms with Gasteiger partial charge >= 0.3 is 5.97 Å². The summed E-state index contributed by atoms with van der Waals surface area (Å²) in [5, 5.41) is 2.58.